The third-order valence-electron chi connectivity index (χ3n) is 5.51. The number of hydrogen-bond donors (Lipinski definition) is 2. The Kier molecular flexibility index (Phi) is 9.66. The van der Waals surface area contributed by atoms with E-state index in [0.717, 1.165) is 19.5 Å². The Morgan fingerprint density at radius 2 is 1.58 bits per heavy atom. The highest BCUT2D eigenvalue weighted by Crippen LogP contribution is 2.11. The predicted molar refractivity (Wildman–Crippen MR) is 122 cm³/mol. The fourth-order valence-electron chi connectivity index (χ4n) is 3.68. The molecule has 5 nitrogen and oxygen atoms in total. The normalized spacial score (nSPS) is 13.1. The van der Waals surface area contributed by atoms with E-state index >= 15 is 0 Å². The lowest BCUT2D eigenvalue weighted by Crippen LogP contribution is -2.53. The zero-order chi connectivity index (χ0) is 22.8. The maximum absolute atomic E-state index is 14.0. The van der Waals surface area contributed by atoms with Crippen molar-refractivity contribution in [2.24, 2.45) is 5.92 Å². The molecule has 0 spiro atoms. The maximum atomic E-state index is 14.0. The molecular weight excluding hydrogens is 393 g/mol. The predicted octanol–water partition coefficient (Wildman–Crippen LogP) is 3.65. The van der Waals surface area contributed by atoms with Gasteiger partial charge >= 0.3 is 0 Å². The first kappa shape index (κ1) is 24.5. The van der Waals surface area contributed by atoms with Crippen molar-refractivity contribution in [1.29, 1.82) is 0 Å². The topological polar surface area (TPSA) is 61.4 Å². The highest BCUT2D eigenvalue weighted by atomic mass is 19.1. The van der Waals surface area contributed by atoms with Crippen LogP contribution in [0.3, 0.4) is 0 Å². The van der Waals surface area contributed by atoms with E-state index in [1.165, 1.54) is 23.8 Å². The second kappa shape index (κ2) is 12.2. The number of benzene rings is 2. The van der Waals surface area contributed by atoms with Crippen LogP contribution >= 0.6 is 0 Å². The number of nitrogens with zero attached hydrogens (tertiary/aromatic N) is 1. The molecule has 31 heavy (non-hydrogen) atoms. The van der Waals surface area contributed by atoms with Crippen LogP contribution in [-0.4, -0.2) is 48.4 Å². The van der Waals surface area contributed by atoms with Crippen LogP contribution in [0.2, 0.25) is 0 Å². The van der Waals surface area contributed by atoms with Crippen LogP contribution in [0.25, 0.3) is 0 Å². The van der Waals surface area contributed by atoms with Gasteiger partial charge in [0.15, 0.2) is 0 Å². The summed E-state index contributed by atoms with van der Waals surface area (Å²) in [7, 11) is 0. The summed E-state index contributed by atoms with van der Waals surface area (Å²) in [5.74, 6) is -1.59. The van der Waals surface area contributed by atoms with Gasteiger partial charge in [0.2, 0.25) is 5.91 Å². The molecule has 2 aromatic rings. The van der Waals surface area contributed by atoms with Crippen LogP contribution in [0, 0.1) is 11.7 Å². The Labute approximate surface area is 185 Å². The highest BCUT2D eigenvalue weighted by molar-refractivity contribution is 5.97. The van der Waals surface area contributed by atoms with Gasteiger partial charge in [0.05, 0.1) is 5.56 Å². The smallest absolute Gasteiger partial charge is 0.254 e. The molecule has 0 fully saturated rings. The number of hydrogen-bond acceptors (Lipinski definition) is 3. The number of halogens is 1. The van der Waals surface area contributed by atoms with E-state index in [0.29, 0.717) is 6.54 Å². The molecule has 0 saturated heterocycles. The molecule has 0 saturated carbocycles. The van der Waals surface area contributed by atoms with Gasteiger partial charge in [0.25, 0.3) is 5.91 Å². The fourth-order valence-corrected chi connectivity index (χ4v) is 3.68. The Hall–Kier alpha value is -2.73. The van der Waals surface area contributed by atoms with Gasteiger partial charge in [-0.25, -0.2) is 4.39 Å². The quantitative estimate of drug-likeness (QED) is 0.575. The van der Waals surface area contributed by atoms with Gasteiger partial charge in [-0.1, -0.05) is 70.2 Å². The van der Waals surface area contributed by atoms with Crippen molar-refractivity contribution in [3.8, 4) is 0 Å². The van der Waals surface area contributed by atoms with Crippen molar-refractivity contribution < 1.29 is 14.0 Å². The zero-order valence-corrected chi connectivity index (χ0v) is 18.9. The van der Waals surface area contributed by atoms with Gasteiger partial charge in [-0.15, -0.1) is 0 Å². The molecule has 0 aliphatic carbocycles. The lowest BCUT2D eigenvalue weighted by Gasteiger charge is -2.31. The summed E-state index contributed by atoms with van der Waals surface area (Å²) in [5.41, 5.74) is 1.15. The molecule has 0 aromatic heterocycles. The second-order valence-electron chi connectivity index (χ2n) is 7.98. The summed E-state index contributed by atoms with van der Waals surface area (Å²) in [4.78, 5) is 27.8. The van der Waals surface area contributed by atoms with Crippen molar-refractivity contribution in [2.75, 3.05) is 19.6 Å². The number of rotatable bonds is 11. The number of likely N-dealkylation sites (N-methyl/N-ethyl adjacent to an activating group) is 1. The number of carbonyl (C=O) groups excluding carboxylic acids is 2. The summed E-state index contributed by atoms with van der Waals surface area (Å²) in [6.45, 7) is 10.1. The van der Waals surface area contributed by atoms with Crippen molar-refractivity contribution in [2.45, 2.75) is 46.2 Å². The van der Waals surface area contributed by atoms with Crippen molar-refractivity contribution in [1.82, 2.24) is 15.5 Å². The summed E-state index contributed by atoms with van der Waals surface area (Å²) < 4.78 is 14.0. The summed E-state index contributed by atoms with van der Waals surface area (Å²) >= 11 is 0. The van der Waals surface area contributed by atoms with Crippen LogP contribution in [0.4, 0.5) is 4.39 Å². The Balaban J connectivity index is 2.07. The van der Waals surface area contributed by atoms with E-state index in [-0.39, 0.29) is 23.4 Å². The van der Waals surface area contributed by atoms with Gasteiger partial charge < -0.3 is 10.6 Å². The minimum absolute atomic E-state index is 0.0638. The van der Waals surface area contributed by atoms with Crippen LogP contribution in [-0.2, 0) is 11.2 Å². The van der Waals surface area contributed by atoms with Crippen LogP contribution in [0.5, 0.6) is 0 Å². The molecular formula is C25H34FN3O2. The van der Waals surface area contributed by atoms with E-state index in [1.54, 1.807) is 6.07 Å². The Morgan fingerprint density at radius 3 is 2.16 bits per heavy atom. The van der Waals surface area contributed by atoms with E-state index in [2.05, 4.69) is 41.5 Å². The zero-order valence-electron chi connectivity index (χ0n) is 18.9. The van der Waals surface area contributed by atoms with Gasteiger partial charge in [-0.3, -0.25) is 14.5 Å². The molecule has 6 heteroatoms. The molecule has 0 heterocycles. The van der Waals surface area contributed by atoms with E-state index in [1.807, 2.05) is 32.0 Å². The third kappa shape index (κ3) is 7.17. The first-order valence-electron chi connectivity index (χ1n) is 11.0. The largest absolute Gasteiger partial charge is 0.353 e. The minimum atomic E-state index is -0.749. The molecule has 2 aromatic carbocycles. The monoisotopic (exact) mass is 427 g/mol. The molecule has 2 rings (SSSR count). The summed E-state index contributed by atoms with van der Waals surface area (Å²) in [6, 6.07) is 15.3. The van der Waals surface area contributed by atoms with E-state index in [4.69, 9.17) is 0 Å². The molecule has 0 aliphatic heterocycles. The van der Waals surface area contributed by atoms with Crippen LogP contribution in [0.15, 0.2) is 54.6 Å². The Morgan fingerprint density at radius 1 is 0.968 bits per heavy atom. The van der Waals surface area contributed by atoms with Crippen molar-refractivity contribution in [3.63, 3.8) is 0 Å². The minimum Gasteiger partial charge on any atom is -0.353 e. The first-order chi connectivity index (χ1) is 14.9. The Bertz CT molecular complexity index is 838. The van der Waals surface area contributed by atoms with Crippen LogP contribution in [0.1, 0.15) is 43.6 Å². The molecule has 0 aliphatic rings. The molecule has 2 unspecified atom stereocenters. The summed E-state index contributed by atoms with van der Waals surface area (Å²) in [5, 5.41) is 5.72. The van der Waals surface area contributed by atoms with Gasteiger partial charge in [-0.05, 0) is 43.1 Å². The lowest BCUT2D eigenvalue weighted by molar-refractivity contribution is -0.124. The van der Waals surface area contributed by atoms with Gasteiger partial charge in [0, 0.05) is 12.6 Å². The first-order valence-corrected chi connectivity index (χ1v) is 11.0. The SMILES string of the molecule is CCN(CC)C(CNC(=O)C(NC(=O)c1ccccc1F)C(C)C)Cc1ccccc1. The summed E-state index contributed by atoms with van der Waals surface area (Å²) in [6.07, 6.45) is 0.816. The van der Waals surface area contributed by atoms with Gasteiger partial charge in [-0.2, -0.15) is 0 Å². The van der Waals surface area contributed by atoms with E-state index < -0.39 is 17.8 Å². The van der Waals surface area contributed by atoms with Crippen molar-refractivity contribution >= 4 is 11.8 Å². The maximum Gasteiger partial charge on any atom is 0.254 e. The average Bonchev–Trinajstić information content (AvgIpc) is 2.76. The van der Waals surface area contributed by atoms with Crippen molar-refractivity contribution in [3.05, 3.63) is 71.5 Å². The van der Waals surface area contributed by atoms with Crippen LogP contribution < -0.4 is 10.6 Å². The molecule has 168 valence electrons. The second-order valence-corrected chi connectivity index (χ2v) is 7.98. The average molecular weight is 428 g/mol. The number of nitrogens with one attached hydrogen (secondary N) is 2. The number of carbonyl (C=O) groups is 2. The van der Waals surface area contributed by atoms with E-state index in [9.17, 15) is 14.0 Å². The molecule has 0 bridgehead atoms. The molecule has 2 atom stereocenters. The molecule has 2 N–H and O–H groups in total. The fraction of sp³-hybridized carbons (Fsp3) is 0.440. The standard InChI is InChI=1S/C25H34FN3O2/c1-5-29(6-2)20(16-19-12-8-7-9-13-19)17-27-25(31)23(18(3)4)28-24(30)21-14-10-11-15-22(21)26/h7-15,18,20,23H,5-6,16-17H2,1-4H3,(H,27,31)(H,28,30). The van der Waals surface area contributed by atoms with Gasteiger partial charge in [0.1, 0.15) is 11.9 Å². The number of amides is 2. The lowest BCUT2D eigenvalue weighted by atomic mass is 10.0. The molecule has 2 amide bonds. The third-order valence-corrected chi connectivity index (χ3v) is 5.51. The molecule has 0 radical (unpaired) electrons. The highest BCUT2D eigenvalue weighted by Gasteiger charge is 2.27.